The molecule has 188 valence electrons. The Morgan fingerprint density at radius 2 is 1.83 bits per heavy atom. The van der Waals surface area contributed by atoms with Crippen molar-refractivity contribution in [1.82, 2.24) is 14.9 Å². The van der Waals surface area contributed by atoms with Gasteiger partial charge in [0.2, 0.25) is 15.9 Å². The lowest BCUT2D eigenvalue weighted by molar-refractivity contribution is -0.122. The molecule has 1 aliphatic heterocycles. The van der Waals surface area contributed by atoms with Crippen LogP contribution >= 0.6 is 0 Å². The van der Waals surface area contributed by atoms with Crippen molar-refractivity contribution in [3.63, 3.8) is 0 Å². The molecule has 2 N–H and O–H groups in total. The Balaban J connectivity index is 1.70. The maximum absolute atomic E-state index is 12.7. The number of carbonyl (C=O) groups is 1. The van der Waals surface area contributed by atoms with Gasteiger partial charge >= 0.3 is 0 Å². The molecular formula is C26H34N4O4S. The van der Waals surface area contributed by atoms with E-state index in [0.29, 0.717) is 38.6 Å². The van der Waals surface area contributed by atoms with Crippen molar-refractivity contribution >= 4 is 15.9 Å². The zero-order valence-electron chi connectivity index (χ0n) is 20.4. The summed E-state index contributed by atoms with van der Waals surface area (Å²) in [4.78, 5) is 15.1. The summed E-state index contributed by atoms with van der Waals surface area (Å²) in [5.41, 5.74) is 2.63. The second kappa shape index (κ2) is 12.8. The number of rotatable bonds is 11. The Morgan fingerprint density at radius 3 is 2.49 bits per heavy atom. The molecule has 0 aromatic heterocycles. The highest BCUT2D eigenvalue weighted by Crippen LogP contribution is 2.29. The topological polar surface area (TPSA) is 112 Å². The number of nitrogens with one attached hydrogen (secondary N) is 2. The van der Waals surface area contributed by atoms with E-state index in [4.69, 9.17) is 10.00 Å². The Hall–Kier alpha value is -2.77. The van der Waals surface area contributed by atoms with Crippen LogP contribution in [-0.4, -0.2) is 65.2 Å². The molecule has 2 aromatic rings. The average molecular weight is 499 g/mol. The highest BCUT2D eigenvalue weighted by Gasteiger charge is 2.22. The van der Waals surface area contributed by atoms with E-state index in [1.165, 1.54) is 0 Å². The molecule has 1 saturated heterocycles. The predicted octanol–water partition coefficient (Wildman–Crippen LogP) is 2.73. The number of amides is 1. The van der Waals surface area contributed by atoms with Crippen molar-refractivity contribution < 1.29 is 17.9 Å². The van der Waals surface area contributed by atoms with Crippen molar-refractivity contribution in [3.05, 3.63) is 54.1 Å². The molecule has 0 radical (unpaired) electrons. The van der Waals surface area contributed by atoms with Crippen LogP contribution in [0.15, 0.2) is 53.4 Å². The van der Waals surface area contributed by atoms with E-state index in [1.807, 2.05) is 30.3 Å². The van der Waals surface area contributed by atoms with Crippen molar-refractivity contribution in [2.24, 2.45) is 5.92 Å². The largest absolute Gasteiger partial charge is 0.379 e. The number of benzene rings is 2. The standard InChI is InChI=1S/C26H34N4O4S/c1-20(2)18-25(26(31)28-11-10-27)23-5-3-4-22(19-23)21-6-8-24(9-7-21)35(32,33)29-12-13-30-14-16-34-17-15-30/h3-9,19-20,25,29H,11-18H2,1-2H3,(H,28,31). The van der Waals surface area contributed by atoms with Crippen molar-refractivity contribution in [2.75, 3.05) is 45.9 Å². The third-order valence-electron chi connectivity index (χ3n) is 5.98. The van der Waals surface area contributed by atoms with Crippen molar-refractivity contribution in [3.8, 4) is 17.2 Å². The van der Waals surface area contributed by atoms with Gasteiger partial charge in [0.1, 0.15) is 6.54 Å². The van der Waals surface area contributed by atoms with Crippen LogP contribution in [0.25, 0.3) is 11.1 Å². The molecule has 0 saturated carbocycles. The summed E-state index contributed by atoms with van der Waals surface area (Å²) in [5, 5.41) is 11.5. The third kappa shape index (κ3) is 7.87. The number of nitriles is 1. The fraction of sp³-hybridized carbons (Fsp3) is 0.462. The van der Waals surface area contributed by atoms with Crippen LogP contribution in [0.4, 0.5) is 0 Å². The van der Waals surface area contributed by atoms with E-state index in [9.17, 15) is 13.2 Å². The maximum atomic E-state index is 12.7. The quantitative estimate of drug-likeness (QED) is 0.461. The van der Waals surface area contributed by atoms with E-state index in [-0.39, 0.29) is 23.3 Å². The molecule has 0 aliphatic carbocycles. The minimum Gasteiger partial charge on any atom is -0.379 e. The molecule has 3 rings (SSSR count). The van der Waals surface area contributed by atoms with Crippen LogP contribution in [0, 0.1) is 17.2 Å². The van der Waals surface area contributed by atoms with Gasteiger partial charge in [-0.3, -0.25) is 9.69 Å². The molecule has 0 spiro atoms. The Labute approximate surface area is 208 Å². The van der Waals surface area contributed by atoms with Gasteiger partial charge in [0.25, 0.3) is 0 Å². The first-order chi connectivity index (χ1) is 16.8. The highest BCUT2D eigenvalue weighted by molar-refractivity contribution is 7.89. The van der Waals surface area contributed by atoms with Gasteiger partial charge in [-0.2, -0.15) is 5.26 Å². The molecule has 1 unspecified atom stereocenters. The smallest absolute Gasteiger partial charge is 0.240 e. The number of ether oxygens (including phenoxy) is 1. The number of sulfonamides is 1. The van der Waals surface area contributed by atoms with E-state index in [1.54, 1.807) is 24.3 Å². The van der Waals surface area contributed by atoms with Crippen LogP contribution in [0.2, 0.25) is 0 Å². The molecule has 1 atom stereocenters. The molecule has 0 bridgehead atoms. The summed E-state index contributed by atoms with van der Waals surface area (Å²) < 4.78 is 33.4. The molecule has 9 heteroatoms. The van der Waals surface area contributed by atoms with Gasteiger partial charge in [0, 0.05) is 26.2 Å². The van der Waals surface area contributed by atoms with Gasteiger partial charge < -0.3 is 10.1 Å². The first-order valence-corrected chi connectivity index (χ1v) is 13.4. The summed E-state index contributed by atoms with van der Waals surface area (Å²) in [5.74, 6) is -0.225. The Kier molecular flexibility index (Phi) is 9.81. The predicted molar refractivity (Wildman–Crippen MR) is 135 cm³/mol. The zero-order valence-corrected chi connectivity index (χ0v) is 21.2. The SMILES string of the molecule is CC(C)CC(C(=O)NCC#N)c1cccc(-c2ccc(S(=O)(=O)NCCN3CCOCC3)cc2)c1. The number of hydrogen-bond acceptors (Lipinski definition) is 6. The van der Waals surface area contributed by atoms with E-state index in [2.05, 4.69) is 28.8 Å². The van der Waals surface area contributed by atoms with Crippen LogP contribution in [0.5, 0.6) is 0 Å². The van der Waals surface area contributed by atoms with E-state index >= 15 is 0 Å². The van der Waals surface area contributed by atoms with Crippen LogP contribution < -0.4 is 10.0 Å². The molecule has 35 heavy (non-hydrogen) atoms. The number of hydrogen-bond donors (Lipinski definition) is 2. The first kappa shape index (κ1) is 26.8. The van der Waals surface area contributed by atoms with Crippen LogP contribution in [0.1, 0.15) is 31.7 Å². The summed E-state index contributed by atoms with van der Waals surface area (Å²) in [7, 11) is -3.60. The van der Waals surface area contributed by atoms with Gasteiger partial charge in [-0.05, 0) is 41.2 Å². The van der Waals surface area contributed by atoms with Gasteiger partial charge in [-0.15, -0.1) is 0 Å². The fourth-order valence-corrected chi connectivity index (χ4v) is 5.14. The van der Waals surface area contributed by atoms with E-state index in [0.717, 1.165) is 29.8 Å². The second-order valence-corrected chi connectivity index (χ2v) is 10.8. The lowest BCUT2D eigenvalue weighted by atomic mass is 9.88. The number of nitrogens with zero attached hydrogens (tertiary/aromatic N) is 2. The first-order valence-electron chi connectivity index (χ1n) is 11.9. The lowest BCUT2D eigenvalue weighted by Crippen LogP contribution is -2.41. The molecule has 1 heterocycles. The van der Waals surface area contributed by atoms with Crippen LogP contribution in [-0.2, 0) is 19.6 Å². The van der Waals surface area contributed by atoms with Gasteiger partial charge in [0.05, 0.1) is 30.1 Å². The van der Waals surface area contributed by atoms with Gasteiger partial charge in [-0.25, -0.2) is 13.1 Å². The van der Waals surface area contributed by atoms with E-state index < -0.39 is 10.0 Å². The molecular weight excluding hydrogens is 464 g/mol. The number of morpholine rings is 1. The summed E-state index contributed by atoms with van der Waals surface area (Å²) in [6, 6.07) is 16.4. The van der Waals surface area contributed by atoms with Crippen molar-refractivity contribution in [2.45, 2.75) is 31.1 Å². The fourth-order valence-electron chi connectivity index (χ4n) is 4.12. The lowest BCUT2D eigenvalue weighted by Gasteiger charge is -2.26. The Morgan fingerprint density at radius 1 is 1.11 bits per heavy atom. The van der Waals surface area contributed by atoms with Gasteiger partial charge in [-0.1, -0.05) is 50.2 Å². The molecule has 8 nitrogen and oxygen atoms in total. The number of carbonyl (C=O) groups excluding carboxylic acids is 1. The van der Waals surface area contributed by atoms with Crippen LogP contribution in [0.3, 0.4) is 0 Å². The summed E-state index contributed by atoms with van der Waals surface area (Å²) in [6.07, 6.45) is 0.661. The molecule has 1 aliphatic rings. The van der Waals surface area contributed by atoms with Crippen molar-refractivity contribution in [1.29, 1.82) is 5.26 Å². The molecule has 2 aromatic carbocycles. The summed E-state index contributed by atoms with van der Waals surface area (Å²) >= 11 is 0. The normalized spacial score (nSPS) is 15.5. The monoisotopic (exact) mass is 498 g/mol. The minimum atomic E-state index is -3.60. The van der Waals surface area contributed by atoms with Gasteiger partial charge in [0.15, 0.2) is 0 Å². The Bertz CT molecular complexity index is 1120. The third-order valence-corrected chi connectivity index (χ3v) is 7.45. The molecule has 1 amide bonds. The highest BCUT2D eigenvalue weighted by atomic mass is 32.2. The zero-order chi connectivity index (χ0) is 25.3. The average Bonchev–Trinajstić information content (AvgIpc) is 2.86. The maximum Gasteiger partial charge on any atom is 0.240 e. The molecule has 1 fully saturated rings. The second-order valence-electron chi connectivity index (χ2n) is 9.06. The minimum absolute atomic E-state index is 0.0243. The summed E-state index contributed by atoms with van der Waals surface area (Å²) in [6.45, 7) is 8.07.